The van der Waals surface area contributed by atoms with Crippen LogP contribution in [-0.2, 0) is 9.53 Å². The predicted octanol–water partition coefficient (Wildman–Crippen LogP) is 2.04. The van der Waals surface area contributed by atoms with Gasteiger partial charge in [-0.3, -0.25) is 4.79 Å². The monoisotopic (exact) mass is 444 g/mol. The standard InChI is InChI=1S/C22H25FN4O5/c1-25-19(10-18(24)29)26-21-15-9-13(23)6-7-17(15)32-11-16(21)20(27(26)22(30)31-2)12-4-3-5-14(28)8-12/h3-9,16,19-21,25,28H,10-11H2,1-2H3,(H2,24,29)/t16-,19?,20-,21?/m1/s1. The summed E-state index contributed by atoms with van der Waals surface area (Å²) in [5.74, 6) is -0.845. The molecular formula is C22H25FN4O5. The largest absolute Gasteiger partial charge is 0.508 e. The van der Waals surface area contributed by atoms with Gasteiger partial charge in [0.2, 0.25) is 5.91 Å². The molecule has 2 amide bonds. The number of phenols is 1. The quantitative estimate of drug-likeness (QED) is 0.646. The molecule has 0 bridgehead atoms. The Labute approximate surface area is 184 Å². The highest BCUT2D eigenvalue weighted by atomic mass is 19.1. The summed E-state index contributed by atoms with van der Waals surface area (Å²) < 4.78 is 25.3. The van der Waals surface area contributed by atoms with E-state index in [1.165, 1.54) is 30.3 Å². The van der Waals surface area contributed by atoms with Gasteiger partial charge in [0.05, 0.1) is 38.4 Å². The smallest absolute Gasteiger partial charge is 0.424 e. The van der Waals surface area contributed by atoms with Gasteiger partial charge in [-0.25, -0.2) is 14.2 Å². The highest BCUT2D eigenvalue weighted by molar-refractivity contribution is 5.74. The maximum absolute atomic E-state index is 14.3. The fourth-order valence-corrected chi connectivity index (χ4v) is 4.71. The maximum Gasteiger partial charge on any atom is 0.424 e. The van der Waals surface area contributed by atoms with Crippen LogP contribution < -0.4 is 15.8 Å². The Bertz CT molecular complexity index is 1040. The second kappa shape index (κ2) is 8.64. The number of hydrazine groups is 1. The number of amides is 2. The molecule has 2 unspecified atom stereocenters. The number of nitrogens with two attached hydrogens (primary N) is 1. The highest BCUT2D eigenvalue weighted by Gasteiger charge is 2.56. The Morgan fingerprint density at radius 3 is 2.75 bits per heavy atom. The van der Waals surface area contributed by atoms with Gasteiger partial charge in [-0.05, 0) is 42.9 Å². The van der Waals surface area contributed by atoms with E-state index in [4.69, 9.17) is 15.2 Å². The SMILES string of the molecule is CNC(CC(N)=O)N1C2c3cc(F)ccc3OC[C@@H]2[C@@H](c2cccc(O)c2)N1C(=O)OC. The average molecular weight is 444 g/mol. The number of hydrogen-bond donors (Lipinski definition) is 3. The van der Waals surface area contributed by atoms with E-state index in [1.807, 2.05) is 0 Å². The minimum atomic E-state index is -0.685. The summed E-state index contributed by atoms with van der Waals surface area (Å²) in [7, 11) is 2.90. The molecule has 2 heterocycles. The minimum absolute atomic E-state index is 0.0350. The van der Waals surface area contributed by atoms with E-state index in [2.05, 4.69) is 5.32 Å². The number of nitrogens with one attached hydrogen (secondary N) is 1. The van der Waals surface area contributed by atoms with Crippen LogP contribution in [0, 0.1) is 11.7 Å². The van der Waals surface area contributed by atoms with E-state index in [9.17, 15) is 19.1 Å². The Hall–Kier alpha value is -3.37. The van der Waals surface area contributed by atoms with Crippen LogP contribution in [-0.4, -0.2) is 54.1 Å². The molecule has 0 spiro atoms. The Kier molecular flexibility index (Phi) is 5.90. The predicted molar refractivity (Wildman–Crippen MR) is 112 cm³/mol. The highest BCUT2D eigenvalue weighted by Crippen LogP contribution is 2.54. The molecule has 4 rings (SSSR count). The van der Waals surface area contributed by atoms with Crippen molar-refractivity contribution in [1.82, 2.24) is 15.3 Å². The van der Waals surface area contributed by atoms with Crippen molar-refractivity contribution in [3.63, 3.8) is 0 Å². The van der Waals surface area contributed by atoms with Gasteiger partial charge >= 0.3 is 6.09 Å². The first kappa shape index (κ1) is 21.8. The van der Waals surface area contributed by atoms with Gasteiger partial charge < -0.3 is 25.6 Å². The van der Waals surface area contributed by atoms with E-state index >= 15 is 0 Å². The van der Waals surface area contributed by atoms with Crippen LogP contribution in [0.3, 0.4) is 0 Å². The lowest BCUT2D eigenvalue weighted by atomic mass is 9.84. The van der Waals surface area contributed by atoms with Gasteiger partial charge in [0.25, 0.3) is 0 Å². The Morgan fingerprint density at radius 1 is 1.31 bits per heavy atom. The molecule has 4 N–H and O–H groups in total. The van der Waals surface area contributed by atoms with Crippen LogP contribution in [0.1, 0.15) is 29.6 Å². The lowest BCUT2D eigenvalue weighted by molar-refractivity contribution is -0.123. The summed E-state index contributed by atoms with van der Waals surface area (Å²) >= 11 is 0. The van der Waals surface area contributed by atoms with Crippen molar-refractivity contribution in [2.75, 3.05) is 20.8 Å². The number of benzene rings is 2. The van der Waals surface area contributed by atoms with Crippen LogP contribution in [0.4, 0.5) is 9.18 Å². The number of phenolic OH excluding ortho intramolecular Hbond substituents is 1. The van der Waals surface area contributed by atoms with Crippen LogP contribution in [0.5, 0.6) is 11.5 Å². The summed E-state index contributed by atoms with van der Waals surface area (Å²) in [5, 5.41) is 16.2. The maximum atomic E-state index is 14.3. The van der Waals surface area contributed by atoms with Crippen LogP contribution >= 0.6 is 0 Å². The van der Waals surface area contributed by atoms with Gasteiger partial charge in [-0.1, -0.05) is 12.1 Å². The molecule has 0 aromatic heterocycles. The Balaban J connectivity index is 1.92. The molecule has 0 saturated carbocycles. The number of carbonyl (C=O) groups excluding carboxylic acids is 2. The first-order valence-corrected chi connectivity index (χ1v) is 10.2. The number of carbonyl (C=O) groups is 2. The van der Waals surface area contributed by atoms with E-state index in [1.54, 1.807) is 36.3 Å². The average Bonchev–Trinajstić information content (AvgIpc) is 3.12. The number of methoxy groups -OCH3 is 1. The number of primary amides is 1. The zero-order valence-electron chi connectivity index (χ0n) is 17.7. The van der Waals surface area contributed by atoms with Gasteiger partial charge in [-0.2, -0.15) is 5.01 Å². The van der Waals surface area contributed by atoms with Crippen molar-refractivity contribution in [3.8, 4) is 11.5 Å². The number of ether oxygens (including phenoxy) is 2. The molecule has 1 fully saturated rings. The molecule has 32 heavy (non-hydrogen) atoms. The minimum Gasteiger partial charge on any atom is -0.508 e. The third kappa shape index (κ3) is 3.71. The number of aromatic hydroxyl groups is 1. The number of nitrogens with zero attached hydrogens (tertiary/aromatic N) is 2. The molecule has 2 aliphatic heterocycles. The molecule has 2 aliphatic rings. The van der Waals surface area contributed by atoms with Crippen molar-refractivity contribution in [1.29, 1.82) is 0 Å². The molecule has 10 heteroatoms. The van der Waals surface area contributed by atoms with Gasteiger partial charge in [0.1, 0.15) is 17.3 Å². The molecule has 0 radical (unpaired) electrons. The third-order valence-corrected chi connectivity index (χ3v) is 5.95. The molecule has 0 aliphatic carbocycles. The third-order valence-electron chi connectivity index (χ3n) is 5.95. The normalized spacial score (nSPS) is 23.1. The molecular weight excluding hydrogens is 419 g/mol. The van der Waals surface area contributed by atoms with Gasteiger partial charge in [0.15, 0.2) is 0 Å². The first-order chi connectivity index (χ1) is 15.3. The van der Waals surface area contributed by atoms with Crippen molar-refractivity contribution >= 4 is 12.0 Å². The fourth-order valence-electron chi connectivity index (χ4n) is 4.71. The van der Waals surface area contributed by atoms with E-state index < -0.39 is 36.1 Å². The first-order valence-electron chi connectivity index (χ1n) is 10.2. The van der Waals surface area contributed by atoms with Crippen LogP contribution in [0.25, 0.3) is 0 Å². The van der Waals surface area contributed by atoms with Gasteiger partial charge in [-0.15, -0.1) is 0 Å². The zero-order valence-corrected chi connectivity index (χ0v) is 17.7. The lowest BCUT2D eigenvalue weighted by Crippen LogP contribution is -2.54. The number of hydrogen-bond acceptors (Lipinski definition) is 7. The topological polar surface area (TPSA) is 117 Å². The number of fused-ring (bicyclic) bond motifs is 3. The zero-order chi connectivity index (χ0) is 23.0. The Morgan fingerprint density at radius 2 is 2.09 bits per heavy atom. The van der Waals surface area contributed by atoms with E-state index in [-0.39, 0.29) is 24.7 Å². The summed E-state index contributed by atoms with van der Waals surface area (Å²) in [6.45, 7) is 0.223. The van der Waals surface area contributed by atoms with Crippen molar-refractivity contribution in [2.45, 2.75) is 24.7 Å². The van der Waals surface area contributed by atoms with Gasteiger partial charge in [0, 0.05) is 11.5 Å². The van der Waals surface area contributed by atoms with E-state index in [0.29, 0.717) is 16.9 Å². The van der Waals surface area contributed by atoms with Crippen LogP contribution in [0.2, 0.25) is 0 Å². The van der Waals surface area contributed by atoms with Crippen molar-refractivity contribution < 1.29 is 28.6 Å². The van der Waals surface area contributed by atoms with Crippen LogP contribution in [0.15, 0.2) is 42.5 Å². The summed E-state index contributed by atoms with van der Waals surface area (Å²) in [6.07, 6.45) is -1.46. The molecule has 1 saturated heterocycles. The van der Waals surface area contributed by atoms with Crippen molar-refractivity contribution in [2.24, 2.45) is 11.7 Å². The molecule has 170 valence electrons. The lowest BCUT2D eigenvalue weighted by Gasteiger charge is -2.39. The summed E-state index contributed by atoms with van der Waals surface area (Å²) in [5.41, 5.74) is 6.67. The molecule has 2 aromatic carbocycles. The molecule has 9 nitrogen and oxygen atoms in total. The molecule has 2 aromatic rings. The second-order valence-electron chi connectivity index (χ2n) is 7.81. The fraction of sp³-hybridized carbons (Fsp3) is 0.364. The van der Waals surface area contributed by atoms with E-state index in [0.717, 1.165) is 0 Å². The summed E-state index contributed by atoms with van der Waals surface area (Å²) in [6, 6.07) is 9.63. The molecule has 4 atom stereocenters. The number of rotatable bonds is 5. The van der Waals surface area contributed by atoms with Crippen molar-refractivity contribution in [3.05, 3.63) is 59.4 Å². The summed E-state index contributed by atoms with van der Waals surface area (Å²) in [4.78, 5) is 24.9. The second-order valence-corrected chi connectivity index (χ2v) is 7.81. The number of halogens is 1.